The average Bonchev–Trinajstić information content (AvgIpc) is 3.11. The van der Waals surface area contributed by atoms with E-state index in [4.69, 9.17) is 0 Å². The molecule has 0 aliphatic rings. The molecule has 1 amide bonds. The number of aromatic nitrogens is 2. The van der Waals surface area contributed by atoms with Crippen molar-refractivity contribution in [2.24, 2.45) is 7.05 Å². The van der Waals surface area contributed by atoms with Crippen LogP contribution in [0, 0.1) is 0 Å². The fraction of sp³-hybridized carbons (Fsp3) is 0.0435. The van der Waals surface area contributed by atoms with E-state index >= 15 is 0 Å². The molecule has 0 atom stereocenters. The molecule has 0 saturated carbocycles. The van der Waals surface area contributed by atoms with E-state index in [1.807, 2.05) is 30.3 Å². The molecular weight excluding hydrogens is 398 g/mol. The zero-order valence-corrected chi connectivity index (χ0v) is 17.0. The van der Waals surface area contributed by atoms with Crippen LogP contribution in [0.5, 0.6) is 0 Å². The first-order valence-corrected chi connectivity index (χ1v) is 10.7. The van der Waals surface area contributed by atoms with Crippen molar-refractivity contribution < 1.29 is 13.2 Å². The number of amides is 1. The van der Waals surface area contributed by atoms with Crippen LogP contribution in [0.4, 0.5) is 5.69 Å². The topological polar surface area (TPSA) is 81.1 Å². The third kappa shape index (κ3) is 3.88. The van der Waals surface area contributed by atoms with E-state index in [0.29, 0.717) is 5.69 Å². The number of aryl methyl sites for hydroxylation is 1. The highest BCUT2D eigenvalue weighted by Gasteiger charge is 2.22. The van der Waals surface area contributed by atoms with Crippen molar-refractivity contribution in [3.63, 3.8) is 0 Å². The average molecular weight is 417 g/mol. The second-order valence-corrected chi connectivity index (χ2v) is 8.63. The van der Waals surface area contributed by atoms with E-state index in [-0.39, 0.29) is 15.8 Å². The summed E-state index contributed by atoms with van der Waals surface area (Å²) >= 11 is 0. The number of pyridine rings is 1. The molecule has 0 spiro atoms. The molecule has 0 radical (unpaired) electrons. The van der Waals surface area contributed by atoms with Gasteiger partial charge in [-0.3, -0.25) is 9.78 Å². The SMILES string of the molecule is Cn1c(S(=O)(=O)c2ccc(NC(=O)C=Cc3cccnc3)cc2)cc2ccccc21. The Morgan fingerprint density at radius 1 is 1.03 bits per heavy atom. The fourth-order valence-electron chi connectivity index (χ4n) is 3.19. The highest BCUT2D eigenvalue weighted by Crippen LogP contribution is 2.27. The minimum atomic E-state index is -3.69. The highest BCUT2D eigenvalue weighted by atomic mass is 32.2. The van der Waals surface area contributed by atoms with Crippen molar-refractivity contribution in [2.75, 3.05) is 5.32 Å². The van der Waals surface area contributed by atoms with Crippen LogP contribution >= 0.6 is 0 Å². The third-order valence-corrected chi connectivity index (χ3v) is 6.56. The van der Waals surface area contributed by atoms with Gasteiger partial charge in [-0.15, -0.1) is 0 Å². The fourth-order valence-corrected chi connectivity index (χ4v) is 4.67. The molecule has 4 aromatic rings. The normalized spacial score (nSPS) is 11.8. The number of sulfone groups is 1. The molecule has 0 unspecified atom stereocenters. The summed E-state index contributed by atoms with van der Waals surface area (Å²) in [7, 11) is -1.96. The van der Waals surface area contributed by atoms with E-state index in [1.54, 1.807) is 54.3 Å². The van der Waals surface area contributed by atoms with Gasteiger partial charge in [0.25, 0.3) is 0 Å². The number of fused-ring (bicyclic) bond motifs is 1. The molecule has 30 heavy (non-hydrogen) atoms. The first kappa shape index (κ1) is 19.6. The van der Waals surface area contributed by atoms with Gasteiger partial charge in [0.05, 0.1) is 4.90 Å². The van der Waals surface area contributed by atoms with Gasteiger partial charge in [0.15, 0.2) is 0 Å². The van der Waals surface area contributed by atoms with Crippen molar-refractivity contribution in [3.05, 3.63) is 90.8 Å². The lowest BCUT2D eigenvalue weighted by Crippen LogP contribution is -2.09. The molecule has 0 saturated heterocycles. The summed E-state index contributed by atoms with van der Waals surface area (Å²) in [5.74, 6) is -0.317. The van der Waals surface area contributed by atoms with Crippen LogP contribution in [-0.4, -0.2) is 23.9 Å². The summed E-state index contributed by atoms with van der Waals surface area (Å²) in [5, 5.41) is 3.80. The molecule has 6 nitrogen and oxygen atoms in total. The van der Waals surface area contributed by atoms with Gasteiger partial charge in [-0.25, -0.2) is 8.42 Å². The predicted molar refractivity (Wildman–Crippen MR) is 117 cm³/mol. The molecule has 0 aliphatic heterocycles. The standard InChI is InChI=1S/C23H19N3O3S/c1-26-21-7-3-2-6-18(21)15-23(26)30(28,29)20-11-9-19(10-12-20)25-22(27)13-8-17-5-4-14-24-16-17/h2-16H,1H3,(H,25,27). The second-order valence-electron chi connectivity index (χ2n) is 6.74. The van der Waals surface area contributed by atoms with Gasteiger partial charge < -0.3 is 9.88 Å². The summed E-state index contributed by atoms with van der Waals surface area (Å²) in [6.45, 7) is 0. The van der Waals surface area contributed by atoms with Crippen molar-refractivity contribution in [1.29, 1.82) is 0 Å². The van der Waals surface area contributed by atoms with Gasteiger partial charge in [0.1, 0.15) is 5.03 Å². The predicted octanol–water partition coefficient (Wildman–Crippen LogP) is 4.06. The Labute approximate surface area is 174 Å². The second kappa shape index (κ2) is 7.96. The molecule has 2 heterocycles. The van der Waals surface area contributed by atoms with Gasteiger partial charge >= 0.3 is 0 Å². The number of hydrogen-bond acceptors (Lipinski definition) is 4. The quantitative estimate of drug-likeness (QED) is 0.497. The van der Waals surface area contributed by atoms with Gasteiger partial charge in [0, 0.05) is 42.1 Å². The molecule has 0 bridgehead atoms. The zero-order valence-electron chi connectivity index (χ0n) is 16.2. The van der Waals surface area contributed by atoms with E-state index in [0.717, 1.165) is 16.5 Å². The molecule has 2 aromatic carbocycles. The summed E-state index contributed by atoms with van der Waals surface area (Å²) < 4.78 is 27.9. The van der Waals surface area contributed by atoms with Crippen LogP contribution in [0.2, 0.25) is 0 Å². The number of nitrogens with one attached hydrogen (secondary N) is 1. The number of anilines is 1. The van der Waals surface area contributed by atoms with E-state index in [1.165, 1.54) is 18.2 Å². The Balaban J connectivity index is 1.53. The van der Waals surface area contributed by atoms with Crippen molar-refractivity contribution in [2.45, 2.75) is 9.92 Å². The van der Waals surface area contributed by atoms with Gasteiger partial charge in [-0.05, 0) is 54.1 Å². The molecule has 2 aromatic heterocycles. The number of carbonyl (C=O) groups excluding carboxylic acids is 1. The summed E-state index contributed by atoms with van der Waals surface area (Å²) in [4.78, 5) is 16.2. The Hall–Kier alpha value is -3.71. The summed E-state index contributed by atoms with van der Waals surface area (Å²) in [5.41, 5.74) is 2.16. The smallest absolute Gasteiger partial charge is 0.248 e. The molecule has 1 N–H and O–H groups in total. The summed E-state index contributed by atoms with van der Waals surface area (Å²) in [6.07, 6.45) is 6.36. The van der Waals surface area contributed by atoms with E-state index in [2.05, 4.69) is 10.3 Å². The molecule has 0 fully saturated rings. The number of hydrogen-bond donors (Lipinski definition) is 1. The monoisotopic (exact) mass is 417 g/mol. The zero-order chi connectivity index (χ0) is 21.1. The maximum atomic E-state index is 13.1. The van der Waals surface area contributed by atoms with Gasteiger partial charge in [-0.2, -0.15) is 0 Å². The first-order valence-electron chi connectivity index (χ1n) is 9.24. The van der Waals surface area contributed by atoms with Crippen LogP contribution in [-0.2, 0) is 21.7 Å². The Bertz CT molecular complexity index is 1340. The molecule has 7 heteroatoms. The first-order chi connectivity index (χ1) is 14.4. The van der Waals surface area contributed by atoms with E-state index < -0.39 is 9.84 Å². The molecule has 4 rings (SSSR count). The maximum Gasteiger partial charge on any atom is 0.248 e. The molecule has 150 valence electrons. The number of para-hydroxylation sites is 1. The lowest BCUT2D eigenvalue weighted by Gasteiger charge is -2.08. The number of carbonyl (C=O) groups is 1. The Morgan fingerprint density at radius 2 is 1.80 bits per heavy atom. The van der Waals surface area contributed by atoms with Crippen LogP contribution in [0.3, 0.4) is 0 Å². The lowest BCUT2D eigenvalue weighted by molar-refractivity contribution is -0.111. The van der Waals surface area contributed by atoms with Crippen LogP contribution < -0.4 is 5.32 Å². The van der Waals surface area contributed by atoms with Crippen LogP contribution in [0.25, 0.3) is 17.0 Å². The maximum absolute atomic E-state index is 13.1. The third-order valence-electron chi connectivity index (χ3n) is 4.73. The molecular formula is C23H19N3O3S. The van der Waals surface area contributed by atoms with Crippen LogP contribution in [0.15, 0.2) is 95.1 Å². The van der Waals surface area contributed by atoms with E-state index in [9.17, 15) is 13.2 Å². The Morgan fingerprint density at radius 3 is 2.50 bits per heavy atom. The largest absolute Gasteiger partial charge is 0.334 e. The lowest BCUT2D eigenvalue weighted by atomic mass is 10.2. The van der Waals surface area contributed by atoms with Gasteiger partial charge in [0.2, 0.25) is 15.7 Å². The number of nitrogens with zero attached hydrogens (tertiary/aromatic N) is 2. The van der Waals surface area contributed by atoms with Crippen LogP contribution in [0.1, 0.15) is 5.56 Å². The Kier molecular flexibility index (Phi) is 5.20. The number of rotatable bonds is 5. The van der Waals surface area contributed by atoms with Gasteiger partial charge in [-0.1, -0.05) is 24.3 Å². The van der Waals surface area contributed by atoms with Crippen molar-refractivity contribution >= 4 is 38.4 Å². The minimum Gasteiger partial charge on any atom is -0.334 e. The van der Waals surface area contributed by atoms with Crippen molar-refractivity contribution in [1.82, 2.24) is 9.55 Å². The minimum absolute atomic E-state index is 0.164. The van der Waals surface area contributed by atoms with Crippen molar-refractivity contribution in [3.8, 4) is 0 Å². The summed E-state index contributed by atoms with van der Waals surface area (Å²) in [6, 6.07) is 18.9. The number of benzene rings is 2. The highest BCUT2D eigenvalue weighted by molar-refractivity contribution is 7.91. The molecule has 0 aliphatic carbocycles.